The van der Waals surface area contributed by atoms with Crippen molar-refractivity contribution in [1.82, 2.24) is 4.98 Å². The van der Waals surface area contributed by atoms with Crippen LogP contribution >= 0.6 is 11.3 Å². The van der Waals surface area contributed by atoms with Crippen LogP contribution in [0.25, 0.3) is 0 Å². The number of fused-ring (bicyclic) bond motifs is 1. The number of nitrogens with two attached hydrogens (primary N) is 1. The summed E-state index contributed by atoms with van der Waals surface area (Å²) in [4.78, 5) is 8.48. The molecule has 1 aromatic heterocycles. The van der Waals surface area contributed by atoms with E-state index in [2.05, 4.69) is 36.1 Å². The molecule has 3 nitrogen and oxygen atoms in total. The summed E-state index contributed by atoms with van der Waals surface area (Å²) in [5.74, 6) is 0. The molecule has 2 aromatic rings. The van der Waals surface area contributed by atoms with Gasteiger partial charge in [-0.3, -0.25) is 0 Å². The van der Waals surface area contributed by atoms with Crippen molar-refractivity contribution in [2.75, 3.05) is 11.4 Å². The maximum Gasteiger partial charge on any atom is 0.186 e. The number of aryl methyl sites for hydroxylation is 1. The SMILES string of the molecule is CCCc1nc(N2CCc3ccccc3C2)sc1CN. The second kappa shape index (κ2) is 5.94. The van der Waals surface area contributed by atoms with Crippen LogP contribution in [0, 0.1) is 0 Å². The first-order valence-corrected chi connectivity index (χ1v) is 8.13. The Hall–Kier alpha value is -1.39. The largest absolute Gasteiger partial charge is 0.343 e. The van der Waals surface area contributed by atoms with E-state index in [1.165, 1.54) is 21.7 Å². The van der Waals surface area contributed by atoms with Gasteiger partial charge >= 0.3 is 0 Å². The molecule has 2 heterocycles. The van der Waals surface area contributed by atoms with Crippen LogP contribution in [0.3, 0.4) is 0 Å². The quantitative estimate of drug-likeness (QED) is 0.939. The van der Waals surface area contributed by atoms with E-state index < -0.39 is 0 Å². The van der Waals surface area contributed by atoms with Gasteiger partial charge in [0.15, 0.2) is 5.13 Å². The lowest BCUT2D eigenvalue weighted by atomic mass is 10.0. The molecule has 0 unspecified atom stereocenters. The van der Waals surface area contributed by atoms with Crippen molar-refractivity contribution >= 4 is 16.5 Å². The van der Waals surface area contributed by atoms with Crippen LogP contribution in [0.2, 0.25) is 0 Å². The minimum atomic E-state index is 0.609. The van der Waals surface area contributed by atoms with Gasteiger partial charge in [0.1, 0.15) is 0 Å². The van der Waals surface area contributed by atoms with E-state index in [9.17, 15) is 0 Å². The van der Waals surface area contributed by atoms with Crippen molar-refractivity contribution < 1.29 is 0 Å². The monoisotopic (exact) mass is 287 g/mol. The molecule has 0 atom stereocenters. The molecule has 3 rings (SSSR count). The smallest absolute Gasteiger partial charge is 0.186 e. The molecule has 0 saturated carbocycles. The molecule has 1 aromatic carbocycles. The summed E-state index contributed by atoms with van der Waals surface area (Å²) in [6, 6.07) is 8.72. The third kappa shape index (κ3) is 2.58. The van der Waals surface area contributed by atoms with Gasteiger partial charge in [0.2, 0.25) is 0 Å². The van der Waals surface area contributed by atoms with Gasteiger partial charge in [0, 0.05) is 24.5 Å². The lowest BCUT2D eigenvalue weighted by molar-refractivity contribution is 0.725. The highest BCUT2D eigenvalue weighted by molar-refractivity contribution is 7.15. The van der Waals surface area contributed by atoms with E-state index in [1.807, 2.05) is 0 Å². The molecule has 1 aliphatic rings. The average Bonchev–Trinajstić information content (AvgIpc) is 2.90. The van der Waals surface area contributed by atoms with Gasteiger partial charge in [-0.25, -0.2) is 4.98 Å². The van der Waals surface area contributed by atoms with E-state index in [4.69, 9.17) is 10.7 Å². The molecule has 0 spiro atoms. The molecule has 106 valence electrons. The summed E-state index contributed by atoms with van der Waals surface area (Å²) in [6.07, 6.45) is 3.27. The predicted molar refractivity (Wildman–Crippen MR) is 85.2 cm³/mol. The van der Waals surface area contributed by atoms with Gasteiger partial charge in [0.25, 0.3) is 0 Å². The molecule has 0 amide bonds. The van der Waals surface area contributed by atoms with Gasteiger partial charge in [-0.15, -0.1) is 11.3 Å². The molecule has 0 aliphatic carbocycles. The molecule has 2 N–H and O–H groups in total. The molecule has 1 aliphatic heterocycles. The van der Waals surface area contributed by atoms with Crippen molar-refractivity contribution in [2.24, 2.45) is 5.73 Å². The Bertz CT molecular complexity index is 591. The fourth-order valence-corrected chi connectivity index (χ4v) is 3.77. The van der Waals surface area contributed by atoms with Crippen LogP contribution in [-0.2, 0) is 25.9 Å². The molecule has 20 heavy (non-hydrogen) atoms. The number of thiazole rings is 1. The fraction of sp³-hybridized carbons (Fsp3) is 0.438. The Morgan fingerprint density at radius 3 is 2.85 bits per heavy atom. The molecule has 0 radical (unpaired) electrons. The van der Waals surface area contributed by atoms with Crippen molar-refractivity contribution in [3.63, 3.8) is 0 Å². The molecule has 0 saturated heterocycles. The van der Waals surface area contributed by atoms with Crippen molar-refractivity contribution in [3.05, 3.63) is 46.0 Å². The Balaban J connectivity index is 1.84. The average molecular weight is 287 g/mol. The van der Waals surface area contributed by atoms with Gasteiger partial charge in [-0.1, -0.05) is 37.6 Å². The summed E-state index contributed by atoms with van der Waals surface area (Å²) in [5, 5.41) is 1.14. The number of hydrogen-bond acceptors (Lipinski definition) is 4. The maximum absolute atomic E-state index is 5.85. The number of hydrogen-bond donors (Lipinski definition) is 1. The Kier molecular flexibility index (Phi) is 4.03. The minimum Gasteiger partial charge on any atom is -0.343 e. The number of aromatic nitrogens is 1. The first-order chi connectivity index (χ1) is 9.81. The minimum absolute atomic E-state index is 0.609. The van der Waals surface area contributed by atoms with Gasteiger partial charge in [0.05, 0.1) is 5.69 Å². The predicted octanol–water partition coefficient (Wildman–Crippen LogP) is 3.12. The lowest BCUT2D eigenvalue weighted by Gasteiger charge is -2.28. The van der Waals surface area contributed by atoms with E-state index in [1.54, 1.807) is 11.3 Å². The van der Waals surface area contributed by atoms with Crippen LogP contribution in [-0.4, -0.2) is 11.5 Å². The number of rotatable bonds is 4. The zero-order chi connectivity index (χ0) is 13.9. The van der Waals surface area contributed by atoms with Crippen molar-refractivity contribution in [1.29, 1.82) is 0 Å². The fourth-order valence-electron chi connectivity index (χ4n) is 2.76. The highest BCUT2D eigenvalue weighted by Gasteiger charge is 2.20. The zero-order valence-electron chi connectivity index (χ0n) is 11.9. The summed E-state index contributed by atoms with van der Waals surface area (Å²) >= 11 is 1.77. The molecular weight excluding hydrogens is 266 g/mol. The first kappa shape index (κ1) is 13.6. The maximum atomic E-state index is 5.85. The van der Waals surface area contributed by atoms with Gasteiger partial charge < -0.3 is 10.6 Å². The zero-order valence-corrected chi connectivity index (χ0v) is 12.7. The molecule has 0 bridgehead atoms. The van der Waals surface area contributed by atoms with Gasteiger partial charge in [-0.05, 0) is 24.0 Å². The number of anilines is 1. The first-order valence-electron chi connectivity index (χ1n) is 7.32. The van der Waals surface area contributed by atoms with Crippen LogP contribution < -0.4 is 10.6 Å². The van der Waals surface area contributed by atoms with E-state index in [0.717, 1.165) is 37.5 Å². The third-order valence-electron chi connectivity index (χ3n) is 3.84. The molecule has 0 fully saturated rings. The second-order valence-electron chi connectivity index (χ2n) is 5.26. The second-order valence-corrected chi connectivity index (χ2v) is 6.32. The topological polar surface area (TPSA) is 42.2 Å². The standard InChI is InChI=1S/C16H21N3S/c1-2-5-14-15(10-17)20-16(18-14)19-9-8-12-6-3-4-7-13(12)11-19/h3-4,6-7H,2,5,8-11,17H2,1H3. The number of nitrogens with zero attached hydrogens (tertiary/aromatic N) is 2. The third-order valence-corrected chi connectivity index (χ3v) is 5.02. The summed E-state index contributed by atoms with van der Waals surface area (Å²) in [6.45, 7) is 4.83. The summed E-state index contributed by atoms with van der Waals surface area (Å²) in [5.41, 5.74) is 9.97. The van der Waals surface area contributed by atoms with Gasteiger partial charge in [-0.2, -0.15) is 0 Å². The number of benzene rings is 1. The van der Waals surface area contributed by atoms with Crippen LogP contribution in [0.1, 0.15) is 35.0 Å². The Morgan fingerprint density at radius 1 is 1.30 bits per heavy atom. The van der Waals surface area contributed by atoms with E-state index >= 15 is 0 Å². The highest BCUT2D eigenvalue weighted by atomic mass is 32.1. The molecule has 4 heteroatoms. The van der Waals surface area contributed by atoms with Crippen LogP contribution in [0.4, 0.5) is 5.13 Å². The van der Waals surface area contributed by atoms with Crippen molar-refractivity contribution in [2.45, 2.75) is 39.3 Å². The van der Waals surface area contributed by atoms with E-state index in [0.29, 0.717) is 6.54 Å². The normalized spacial score (nSPS) is 14.4. The van der Waals surface area contributed by atoms with Crippen LogP contribution in [0.5, 0.6) is 0 Å². The molecular formula is C16H21N3S. The summed E-state index contributed by atoms with van der Waals surface area (Å²) < 4.78 is 0. The Morgan fingerprint density at radius 2 is 2.10 bits per heavy atom. The Labute approximate surface area is 124 Å². The van der Waals surface area contributed by atoms with E-state index in [-0.39, 0.29) is 0 Å². The highest BCUT2D eigenvalue weighted by Crippen LogP contribution is 2.30. The van der Waals surface area contributed by atoms with Crippen molar-refractivity contribution in [3.8, 4) is 0 Å². The summed E-state index contributed by atoms with van der Waals surface area (Å²) in [7, 11) is 0. The lowest BCUT2D eigenvalue weighted by Crippen LogP contribution is -2.30. The van der Waals surface area contributed by atoms with Crippen LogP contribution in [0.15, 0.2) is 24.3 Å².